The molecule has 0 spiro atoms. The molecule has 142 valence electrons. The zero-order chi connectivity index (χ0) is 19.1. The molecule has 1 aliphatic rings. The smallest absolute Gasteiger partial charge is 0.226 e. The van der Waals surface area contributed by atoms with Gasteiger partial charge in [-0.15, -0.1) is 0 Å². The highest BCUT2D eigenvalue weighted by molar-refractivity contribution is 5.53. The van der Waals surface area contributed by atoms with Crippen molar-refractivity contribution in [2.45, 2.75) is 19.1 Å². The monoisotopic (exact) mass is 379 g/mol. The van der Waals surface area contributed by atoms with Crippen molar-refractivity contribution >= 4 is 11.5 Å². The Kier molecular flexibility index (Phi) is 4.01. The van der Waals surface area contributed by atoms with Crippen molar-refractivity contribution in [2.24, 2.45) is 0 Å². The Morgan fingerprint density at radius 1 is 1.32 bits per heavy atom. The van der Waals surface area contributed by atoms with Crippen LogP contribution in [0, 0.1) is 5.82 Å². The Hall–Kier alpha value is -3.33. The van der Waals surface area contributed by atoms with Gasteiger partial charge in [0, 0.05) is 38.2 Å². The number of nitrogens with one attached hydrogen (secondary N) is 1. The Morgan fingerprint density at radius 2 is 2.25 bits per heavy atom. The number of imidazole rings is 1. The molecule has 28 heavy (non-hydrogen) atoms. The molecule has 0 radical (unpaired) electrons. The minimum Gasteiger partial charge on any atom is -0.378 e. The number of hydrogen-bond donors (Lipinski definition) is 1. The number of aromatic nitrogens is 6. The minimum absolute atomic E-state index is 0.313. The number of anilines is 1. The predicted molar refractivity (Wildman–Crippen MR) is 99.4 cm³/mol. The van der Waals surface area contributed by atoms with Crippen LogP contribution < -0.4 is 4.90 Å². The van der Waals surface area contributed by atoms with E-state index in [1.165, 1.54) is 6.07 Å². The van der Waals surface area contributed by atoms with Gasteiger partial charge in [0.25, 0.3) is 0 Å². The lowest BCUT2D eigenvalue weighted by molar-refractivity contribution is 0.181. The van der Waals surface area contributed by atoms with E-state index >= 15 is 0 Å². The molecule has 0 unspecified atom stereocenters. The summed E-state index contributed by atoms with van der Waals surface area (Å²) in [6.45, 7) is 1.09. The number of rotatable bonds is 4. The largest absolute Gasteiger partial charge is 0.378 e. The van der Waals surface area contributed by atoms with Gasteiger partial charge in [-0.2, -0.15) is 5.10 Å². The first kappa shape index (κ1) is 16.8. The fourth-order valence-corrected chi connectivity index (χ4v) is 3.68. The molecule has 0 saturated heterocycles. The van der Waals surface area contributed by atoms with Gasteiger partial charge in [0.15, 0.2) is 0 Å². The van der Waals surface area contributed by atoms with Crippen LogP contribution in [-0.4, -0.2) is 43.2 Å². The number of nitrogens with zero attached hydrogens (tertiary/aromatic N) is 6. The van der Waals surface area contributed by atoms with E-state index in [4.69, 9.17) is 4.74 Å². The van der Waals surface area contributed by atoms with E-state index in [-0.39, 0.29) is 11.9 Å². The van der Waals surface area contributed by atoms with Crippen molar-refractivity contribution in [2.75, 3.05) is 18.6 Å². The maximum absolute atomic E-state index is 14.2. The molecule has 4 aromatic rings. The van der Waals surface area contributed by atoms with E-state index in [1.54, 1.807) is 42.5 Å². The third kappa shape index (κ3) is 2.71. The SMILES string of the molecule is COCc1ccnc(N2CCc3[nH]cnc3[C@@H]2c2cc3c(F)cccn3n2)n1. The van der Waals surface area contributed by atoms with Crippen LogP contribution in [0.1, 0.15) is 28.8 Å². The molecule has 8 nitrogen and oxygen atoms in total. The highest BCUT2D eigenvalue weighted by Crippen LogP contribution is 2.35. The Labute approximate surface area is 160 Å². The summed E-state index contributed by atoms with van der Waals surface area (Å²) in [7, 11) is 1.63. The fourth-order valence-electron chi connectivity index (χ4n) is 3.68. The maximum Gasteiger partial charge on any atom is 0.226 e. The van der Waals surface area contributed by atoms with Gasteiger partial charge in [-0.05, 0) is 24.3 Å². The van der Waals surface area contributed by atoms with Gasteiger partial charge in [-0.3, -0.25) is 0 Å². The first-order valence-electron chi connectivity index (χ1n) is 8.98. The second-order valence-corrected chi connectivity index (χ2v) is 6.65. The van der Waals surface area contributed by atoms with Gasteiger partial charge >= 0.3 is 0 Å². The maximum atomic E-state index is 14.2. The molecule has 4 aromatic heterocycles. The Balaban J connectivity index is 1.64. The third-order valence-corrected chi connectivity index (χ3v) is 4.92. The van der Waals surface area contributed by atoms with Crippen molar-refractivity contribution in [3.05, 3.63) is 71.6 Å². The molecular formula is C19H18FN7O. The molecule has 0 amide bonds. The Morgan fingerprint density at radius 3 is 3.11 bits per heavy atom. The predicted octanol–water partition coefficient (Wildman–Crippen LogP) is 2.29. The van der Waals surface area contributed by atoms with Crippen LogP contribution in [0.2, 0.25) is 0 Å². The minimum atomic E-state index is -0.316. The summed E-state index contributed by atoms with van der Waals surface area (Å²) in [5.41, 5.74) is 3.82. The standard InChI is InChI=1S/C19H18FN7O/c1-28-10-12-4-6-21-19(24-12)26-8-5-14-17(23-11-22-14)18(26)15-9-16-13(20)3-2-7-27(16)25-15/h2-4,6-7,9,11,18H,5,8,10H2,1H3,(H,22,23)/t18-/m0/s1. The van der Waals surface area contributed by atoms with E-state index in [0.29, 0.717) is 30.3 Å². The van der Waals surface area contributed by atoms with Crippen molar-refractivity contribution in [1.82, 2.24) is 29.5 Å². The first-order valence-corrected chi connectivity index (χ1v) is 8.98. The number of H-pyrrole nitrogens is 1. The number of pyridine rings is 1. The second kappa shape index (κ2) is 6.68. The van der Waals surface area contributed by atoms with E-state index in [2.05, 4.69) is 29.9 Å². The van der Waals surface area contributed by atoms with Gasteiger partial charge in [0.05, 0.1) is 30.0 Å². The normalized spacial score (nSPS) is 16.5. The summed E-state index contributed by atoms with van der Waals surface area (Å²) >= 11 is 0. The molecule has 1 N–H and O–H groups in total. The molecule has 0 bridgehead atoms. The van der Waals surface area contributed by atoms with Crippen LogP contribution >= 0.6 is 0 Å². The average Bonchev–Trinajstić information content (AvgIpc) is 3.35. The summed E-state index contributed by atoms with van der Waals surface area (Å²) in [6, 6.07) is 6.33. The molecule has 5 heterocycles. The topological polar surface area (TPSA) is 84.2 Å². The Bertz CT molecular complexity index is 1140. The zero-order valence-corrected chi connectivity index (χ0v) is 15.2. The van der Waals surface area contributed by atoms with Gasteiger partial charge < -0.3 is 14.6 Å². The summed E-state index contributed by atoms with van der Waals surface area (Å²) in [6.07, 6.45) is 5.92. The van der Waals surface area contributed by atoms with Crippen molar-refractivity contribution in [1.29, 1.82) is 0 Å². The van der Waals surface area contributed by atoms with Gasteiger partial charge in [-0.1, -0.05) is 0 Å². The van der Waals surface area contributed by atoms with Crippen LogP contribution in [0.25, 0.3) is 5.52 Å². The third-order valence-electron chi connectivity index (χ3n) is 4.92. The molecule has 0 fully saturated rings. The number of aromatic amines is 1. The molecule has 5 rings (SSSR count). The number of ether oxygens (including phenoxy) is 1. The van der Waals surface area contributed by atoms with Crippen LogP contribution in [0.4, 0.5) is 10.3 Å². The zero-order valence-electron chi connectivity index (χ0n) is 15.2. The molecule has 1 atom stereocenters. The highest BCUT2D eigenvalue weighted by Gasteiger charge is 2.34. The molecular weight excluding hydrogens is 361 g/mol. The van der Waals surface area contributed by atoms with Crippen molar-refractivity contribution in [3.63, 3.8) is 0 Å². The van der Waals surface area contributed by atoms with Gasteiger partial charge in [0.1, 0.15) is 17.4 Å². The summed E-state index contributed by atoms with van der Waals surface area (Å²) in [4.78, 5) is 18.9. The molecule has 0 aliphatic carbocycles. The summed E-state index contributed by atoms with van der Waals surface area (Å²) < 4.78 is 21.0. The number of fused-ring (bicyclic) bond motifs is 2. The second-order valence-electron chi connectivity index (χ2n) is 6.65. The number of halogens is 1. The van der Waals surface area contributed by atoms with Gasteiger partial charge in [-0.25, -0.2) is 23.9 Å². The van der Waals surface area contributed by atoms with E-state index < -0.39 is 0 Å². The number of methoxy groups -OCH3 is 1. The van der Waals surface area contributed by atoms with Crippen LogP contribution in [0.15, 0.2) is 43.0 Å². The van der Waals surface area contributed by atoms with E-state index in [1.807, 2.05) is 6.07 Å². The first-order chi connectivity index (χ1) is 13.7. The highest BCUT2D eigenvalue weighted by atomic mass is 19.1. The van der Waals surface area contributed by atoms with E-state index in [0.717, 1.165) is 23.5 Å². The van der Waals surface area contributed by atoms with E-state index in [9.17, 15) is 4.39 Å². The fraction of sp³-hybridized carbons (Fsp3) is 0.263. The van der Waals surface area contributed by atoms with Crippen molar-refractivity contribution in [3.8, 4) is 0 Å². The lowest BCUT2D eigenvalue weighted by Crippen LogP contribution is -2.38. The van der Waals surface area contributed by atoms with Crippen LogP contribution in [-0.2, 0) is 17.8 Å². The summed E-state index contributed by atoms with van der Waals surface area (Å²) in [5, 5.41) is 4.61. The number of hydrogen-bond acceptors (Lipinski definition) is 6. The lowest BCUT2D eigenvalue weighted by Gasteiger charge is -2.34. The molecule has 0 aromatic carbocycles. The molecule has 9 heteroatoms. The molecule has 1 aliphatic heterocycles. The summed E-state index contributed by atoms with van der Waals surface area (Å²) in [5.74, 6) is 0.259. The lowest BCUT2D eigenvalue weighted by atomic mass is 10.00. The quantitative estimate of drug-likeness (QED) is 0.586. The average molecular weight is 379 g/mol. The van der Waals surface area contributed by atoms with Crippen LogP contribution in [0.3, 0.4) is 0 Å². The molecule has 0 saturated carbocycles. The van der Waals surface area contributed by atoms with Crippen LogP contribution in [0.5, 0.6) is 0 Å². The van der Waals surface area contributed by atoms with Gasteiger partial charge in [0.2, 0.25) is 5.95 Å². The van der Waals surface area contributed by atoms with Crippen molar-refractivity contribution < 1.29 is 9.13 Å².